The van der Waals surface area contributed by atoms with Crippen LogP contribution in [0.5, 0.6) is 0 Å². The van der Waals surface area contributed by atoms with Gasteiger partial charge in [-0.05, 0) is 47.5 Å². The first kappa shape index (κ1) is 24.2. The van der Waals surface area contributed by atoms with Crippen LogP contribution in [0.15, 0.2) is 66.7 Å². The van der Waals surface area contributed by atoms with Crippen molar-refractivity contribution in [2.24, 2.45) is 0 Å². The number of carbonyl (C=O) groups excluding carboxylic acids is 2. The maximum absolute atomic E-state index is 13.0. The molecule has 0 heterocycles. The number of hydrogen-bond donors (Lipinski definition) is 2. The van der Waals surface area contributed by atoms with Crippen LogP contribution in [0.3, 0.4) is 0 Å². The van der Waals surface area contributed by atoms with Crippen LogP contribution in [0.25, 0.3) is 10.8 Å². The van der Waals surface area contributed by atoms with Crippen LogP contribution in [-0.4, -0.2) is 28.4 Å². The minimum absolute atomic E-state index is 0.380. The van der Waals surface area contributed by atoms with E-state index in [9.17, 15) is 9.59 Å². The molecule has 0 aliphatic rings. The number of unbranched alkanes of at least 4 members (excludes halogenated alkanes) is 1. The van der Waals surface area contributed by atoms with Crippen molar-refractivity contribution in [2.45, 2.75) is 29.7 Å². The summed E-state index contributed by atoms with van der Waals surface area (Å²) < 4.78 is 3.37. The van der Waals surface area contributed by atoms with Crippen LogP contribution in [0.4, 0.5) is 5.69 Å². The van der Waals surface area contributed by atoms with Crippen molar-refractivity contribution in [3.8, 4) is 0 Å². The second-order valence-electron chi connectivity index (χ2n) is 7.19. The topological polar surface area (TPSA) is 67.4 Å². The number of fused-ring (bicyclic) bond motifs is 1. The predicted molar refractivity (Wildman–Crippen MR) is 131 cm³/mol. The SMILES string of the molecule is CCCCOC(=O)c1ccc(N[C@@H](NC(=O)c2cccc3ccccc23)C(Cl)(Cl)Cl)cc1. The standard InChI is InChI=1S/C24H23Cl3N2O3/c1-2-3-15-32-22(31)17-11-13-18(14-12-17)28-23(24(25,26)27)29-21(30)20-10-6-8-16-7-4-5-9-19(16)20/h4-14,23,28H,2-3,15H2,1H3,(H,29,30)/t23-/m0/s1. The molecule has 32 heavy (non-hydrogen) atoms. The van der Waals surface area contributed by atoms with Crippen molar-refractivity contribution >= 4 is 63.1 Å². The third-order valence-corrected chi connectivity index (χ3v) is 5.45. The molecule has 0 aliphatic carbocycles. The van der Waals surface area contributed by atoms with E-state index in [1.54, 1.807) is 36.4 Å². The Morgan fingerprint density at radius 3 is 2.34 bits per heavy atom. The van der Waals surface area contributed by atoms with Crippen molar-refractivity contribution in [3.63, 3.8) is 0 Å². The monoisotopic (exact) mass is 492 g/mol. The number of alkyl halides is 3. The summed E-state index contributed by atoms with van der Waals surface area (Å²) in [6.07, 6.45) is 0.729. The van der Waals surface area contributed by atoms with Crippen molar-refractivity contribution in [1.82, 2.24) is 5.32 Å². The van der Waals surface area contributed by atoms with Crippen molar-refractivity contribution in [1.29, 1.82) is 0 Å². The van der Waals surface area contributed by atoms with Gasteiger partial charge in [-0.1, -0.05) is 84.5 Å². The summed E-state index contributed by atoms with van der Waals surface area (Å²) in [6.45, 7) is 2.40. The number of ether oxygens (including phenoxy) is 1. The zero-order chi connectivity index (χ0) is 23.1. The minimum atomic E-state index is -1.84. The van der Waals surface area contributed by atoms with Gasteiger partial charge >= 0.3 is 5.97 Å². The van der Waals surface area contributed by atoms with Crippen LogP contribution in [0.1, 0.15) is 40.5 Å². The van der Waals surface area contributed by atoms with Gasteiger partial charge in [-0.3, -0.25) is 4.79 Å². The molecule has 8 heteroatoms. The fraction of sp³-hybridized carbons (Fsp3) is 0.250. The lowest BCUT2D eigenvalue weighted by molar-refractivity contribution is 0.0499. The molecule has 1 atom stereocenters. The highest BCUT2D eigenvalue weighted by molar-refractivity contribution is 6.68. The first-order valence-corrected chi connectivity index (χ1v) is 11.3. The Kier molecular flexibility index (Phi) is 8.24. The van der Waals surface area contributed by atoms with Gasteiger partial charge < -0.3 is 15.4 Å². The fourth-order valence-corrected chi connectivity index (χ4v) is 3.42. The molecular formula is C24H23Cl3N2O3. The molecule has 0 fully saturated rings. The number of esters is 1. The molecule has 0 aliphatic heterocycles. The highest BCUT2D eigenvalue weighted by atomic mass is 35.6. The van der Waals surface area contributed by atoms with Crippen LogP contribution in [0.2, 0.25) is 0 Å². The van der Waals surface area contributed by atoms with Crippen LogP contribution < -0.4 is 10.6 Å². The smallest absolute Gasteiger partial charge is 0.338 e. The Hall–Kier alpha value is -2.47. The van der Waals surface area contributed by atoms with Crippen LogP contribution in [0, 0.1) is 0 Å². The van der Waals surface area contributed by atoms with Gasteiger partial charge in [-0.2, -0.15) is 0 Å². The highest BCUT2D eigenvalue weighted by Gasteiger charge is 2.34. The second-order valence-corrected chi connectivity index (χ2v) is 9.55. The van der Waals surface area contributed by atoms with E-state index in [1.165, 1.54) is 0 Å². The Balaban J connectivity index is 1.73. The molecule has 2 N–H and O–H groups in total. The van der Waals surface area contributed by atoms with E-state index in [1.807, 2.05) is 37.3 Å². The van der Waals surface area contributed by atoms with E-state index in [2.05, 4.69) is 10.6 Å². The zero-order valence-electron chi connectivity index (χ0n) is 17.4. The van der Waals surface area contributed by atoms with Gasteiger partial charge in [0.2, 0.25) is 3.79 Å². The van der Waals surface area contributed by atoms with Gasteiger partial charge in [0, 0.05) is 11.3 Å². The van der Waals surface area contributed by atoms with Crippen molar-refractivity contribution < 1.29 is 14.3 Å². The quantitative estimate of drug-likeness (QED) is 0.166. The number of halogens is 3. The van der Waals surface area contributed by atoms with Gasteiger partial charge in [0.15, 0.2) is 0 Å². The number of anilines is 1. The number of amides is 1. The lowest BCUT2D eigenvalue weighted by Crippen LogP contribution is -2.49. The van der Waals surface area contributed by atoms with Gasteiger partial charge in [0.1, 0.15) is 6.17 Å². The molecule has 3 aromatic carbocycles. The molecular weight excluding hydrogens is 471 g/mol. The molecule has 0 saturated heterocycles. The molecule has 0 spiro atoms. The molecule has 0 radical (unpaired) electrons. The Labute approximate surface area is 202 Å². The maximum Gasteiger partial charge on any atom is 0.338 e. The van der Waals surface area contributed by atoms with E-state index in [-0.39, 0.29) is 5.91 Å². The van der Waals surface area contributed by atoms with Gasteiger partial charge in [0.25, 0.3) is 5.91 Å². The number of nitrogens with one attached hydrogen (secondary N) is 2. The summed E-state index contributed by atoms with van der Waals surface area (Å²) >= 11 is 18.4. The Morgan fingerprint density at radius 1 is 0.969 bits per heavy atom. The van der Waals surface area contributed by atoms with E-state index in [4.69, 9.17) is 39.5 Å². The lowest BCUT2D eigenvalue weighted by atomic mass is 10.0. The van der Waals surface area contributed by atoms with E-state index in [0.717, 1.165) is 23.6 Å². The third kappa shape index (κ3) is 6.28. The number of hydrogen-bond acceptors (Lipinski definition) is 4. The van der Waals surface area contributed by atoms with Crippen LogP contribution in [-0.2, 0) is 4.74 Å². The minimum Gasteiger partial charge on any atom is -0.462 e. The maximum atomic E-state index is 13.0. The largest absolute Gasteiger partial charge is 0.462 e. The number of carbonyl (C=O) groups is 2. The summed E-state index contributed by atoms with van der Waals surface area (Å²) in [5.74, 6) is -0.783. The summed E-state index contributed by atoms with van der Waals surface area (Å²) in [6, 6.07) is 19.5. The van der Waals surface area contributed by atoms with Gasteiger partial charge in [-0.25, -0.2) is 4.79 Å². The summed E-state index contributed by atoms with van der Waals surface area (Å²) in [5, 5.41) is 7.48. The Morgan fingerprint density at radius 2 is 1.66 bits per heavy atom. The molecule has 5 nitrogen and oxygen atoms in total. The number of rotatable bonds is 8. The third-order valence-electron chi connectivity index (χ3n) is 4.80. The molecule has 3 aromatic rings. The first-order chi connectivity index (χ1) is 15.3. The average molecular weight is 494 g/mol. The van der Waals surface area contributed by atoms with E-state index >= 15 is 0 Å². The molecule has 0 unspecified atom stereocenters. The zero-order valence-corrected chi connectivity index (χ0v) is 19.7. The number of benzene rings is 3. The van der Waals surface area contributed by atoms with E-state index in [0.29, 0.717) is 23.4 Å². The molecule has 0 bridgehead atoms. The molecule has 168 valence electrons. The molecule has 3 rings (SSSR count). The summed E-state index contributed by atoms with van der Waals surface area (Å²) in [7, 11) is 0. The highest BCUT2D eigenvalue weighted by Crippen LogP contribution is 2.31. The normalized spacial score (nSPS) is 12.2. The average Bonchev–Trinajstić information content (AvgIpc) is 2.78. The molecule has 0 aromatic heterocycles. The second kappa shape index (κ2) is 10.9. The van der Waals surface area contributed by atoms with Crippen LogP contribution >= 0.6 is 34.8 Å². The summed E-state index contributed by atoms with van der Waals surface area (Å²) in [5.41, 5.74) is 1.44. The van der Waals surface area contributed by atoms with Gasteiger partial charge in [0.05, 0.1) is 12.2 Å². The first-order valence-electron chi connectivity index (χ1n) is 10.2. The van der Waals surface area contributed by atoms with Crippen molar-refractivity contribution in [2.75, 3.05) is 11.9 Å². The molecule has 0 saturated carbocycles. The predicted octanol–water partition coefficient (Wildman–Crippen LogP) is 6.33. The van der Waals surface area contributed by atoms with Crippen molar-refractivity contribution in [3.05, 3.63) is 77.9 Å². The molecule has 1 amide bonds. The van der Waals surface area contributed by atoms with Gasteiger partial charge in [-0.15, -0.1) is 0 Å². The fourth-order valence-electron chi connectivity index (χ4n) is 3.09. The summed E-state index contributed by atoms with van der Waals surface area (Å²) in [4.78, 5) is 25.0. The lowest BCUT2D eigenvalue weighted by Gasteiger charge is -2.27. The Bertz CT molecular complexity index is 1080. The van der Waals surface area contributed by atoms with E-state index < -0.39 is 15.9 Å².